The third-order valence-electron chi connectivity index (χ3n) is 2.68. The van der Waals surface area contributed by atoms with E-state index in [0.29, 0.717) is 0 Å². The average molecular weight is 201 g/mol. The van der Waals surface area contributed by atoms with Gasteiger partial charge in [-0.15, -0.1) is 0 Å². The molecule has 0 spiro atoms. The highest BCUT2D eigenvalue weighted by Gasteiger charge is 2.08. The van der Waals surface area contributed by atoms with E-state index in [0.717, 1.165) is 28.2 Å². The molecule has 78 valence electrons. The van der Waals surface area contributed by atoms with Crippen LogP contribution in [-0.2, 0) is 7.05 Å². The molecular formula is C12H15N3. The van der Waals surface area contributed by atoms with Crippen molar-refractivity contribution in [2.24, 2.45) is 7.05 Å². The molecule has 15 heavy (non-hydrogen) atoms. The normalized spacial score (nSPS) is 10.6. The third kappa shape index (κ3) is 1.61. The Kier molecular flexibility index (Phi) is 2.23. The van der Waals surface area contributed by atoms with Gasteiger partial charge in [-0.2, -0.15) is 0 Å². The van der Waals surface area contributed by atoms with Crippen LogP contribution in [0.5, 0.6) is 0 Å². The van der Waals surface area contributed by atoms with E-state index in [1.165, 1.54) is 0 Å². The van der Waals surface area contributed by atoms with Gasteiger partial charge in [0.15, 0.2) is 0 Å². The summed E-state index contributed by atoms with van der Waals surface area (Å²) in [6.07, 6.45) is 3.75. The van der Waals surface area contributed by atoms with Gasteiger partial charge in [-0.05, 0) is 37.1 Å². The predicted molar refractivity (Wildman–Crippen MR) is 62.5 cm³/mol. The minimum absolute atomic E-state index is 0.838. The summed E-state index contributed by atoms with van der Waals surface area (Å²) in [5, 5.41) is 0. The predicted octanol–water partition coefficient (Wildman–Crippen LogP) is 2.29. The summed E-state index contributed by atoms with van der Waals surface area (Å²) in [6.45, 7) is 4.07. The summed E-state index contributed by atoms with van der Waals surface area (Å²) in [4.78, 5) is 4.34. The number of nitrogens with two attached hydrogens (primary N) is 1. The topological polar surface area (TPSA) is 43.8 Å². The molecule has 1 aromatic carbocycles. The summed E-state index contributed by atoms with van der Waals surface area (Å²) in [5.74, 6) is 0.982. The number of aromatic nitrogens is 2. The van der Waals surface area contributed by atoms with E-state index in [4.69, 9.17) is 5.73 Å². The highest BCUT2D eigenvalue weighted by molar-refractivity contribution is 5.66. The number of aryl methyl sites for hydroxylation is 3. The molecule has 0 saturated heterocycles. The summed E-state index contributed by atoms with van der Waals surface area (Å²) < 4.78 is 2.01. The van der Waals surface area contributed by atoms with E-state index in [2.05, 4.69) is 18.0 Å². The lowest BCUT2D eigenvalue weighted by molar-refractivity contribution is 0.923. The van der Waals surface area contributed by atoms with Crippen LogP contribution >= 0.6 is 0 Å². The Morgan fingerprint density at radius 3 is 2.53 bits per heavy atom. The number of rotatable bonds is 1. The van der Waals surface area contributed by atoms with E-state index in [-0.39, 0.29) is 0 Å². The van der Waals surface area contributed by atoms with Crippen molar-refractivity contribution in [1.82, 2.24) is 9.55 Å². The van der Waals surface area contributed by atoms with Gasteiger partial charge in [0.2, 0.25) is 0 Å². The SMILES string of the molecule is Cc1cc(-c2nccn2C)c(C)cc1N. The molecule has 0 amide bonds. The Morgan fingerprint density at radius 2 is 1.93 bits per heavy atom. The molecule has 2 N–H and O–H groups in total. The van der Waals surface area contributed by atoms with Gasteiger partial charge in [0.1, 0.15) is 5.82 Å². The van der Waals surface area contributed by atoms with E-state index >= 15 is 0 Å². The highest BCUT2D eigenvalue weighted by Crippen LogP contribution is 2.25. The molecular weight excluding hydrogens is 186 g/mol. The van der Waals surface area contributed by atoms with Crippen LogP contribution in [0.3, 0.4) is 0 Å². The van der Waals surface area contributed by atoms with Gasteiger partial charge < -0.3 is 10.3 Å². The molecule has 0 radical (unpaired) electrons. The largest absolute Gasteiger partial charge is 0.399 e. The number of hydrogen-bond acceptors (Lipinski definition) is 2. The number of benzene rings is 1. The minimum Gasteiger partial charge on any atom is -0.399 e. The van der Waals surface area contributed by atoms with Crippen LogP contribution in [0.1, 0.15) is 11.1 Å². The van der Waals surface area contributed by atoms with Gasteiger partial charge in [0.05, 0.1) is 0 Å². The lowest BCUT2D eigenvalue weighted by Crippen LogP contribution is -1.97. The van der Waals surface area contributed by atoms with E-state index < -0.39 is 0 Å². The zero-order valence-corrected chi connectivity index (χ0v) is 9.28. The molecule has 0 aliphatic rings. The van der Waals surface area contributed by atoms with Gasteiger partial charge in [-0.1, -0.05) is 0 Å². The number of imidazole rings is 1. The molecule has 0 saturated carbocycles. The fraction of sp³-hybridized carbons (Fsp3) is 0.250. The summed E-state index contributed by atoms with van der Waals surface area (Å²) >= 11 is 0. The fourth-order valence-corrected chi connectivity index (χ4v) is 1.70. The van der Waals surface area contributed by atoms with Crippen LogP contribution < -0.4 is 5.73 Å². The number of nitrogen functional groups attached to an aromatic ring is 1. The number of anilines is 1. The van der Waals surface area contributed by atoms with E-state index in [9.17, 15) is 0 Å². The second kappa shape index (κ2) is 3.42. The maximum absolute atomic E-state index is 5.85. The zero-order valence-electron chi connectivity index (χ0n) is 9.28. The second-order valence-electron chi connectivity index (χ2n) is 3.89. The summed E-state index contributed by atoms with van der Waals surface area (Å²) in [5.41, 5.74) is 10.1. The van der Waals surface area contributed by atoms with E-state index in [1.807, 2.05) is 30.8 Å². The first kappa shape index (κ1) is 9.77. The van der Waals surface area contributed by atoms with Crippen molar-refractivity contribution in [3.63, 3.8) is 0 Å². The molecule has 0 aliphatic heterocycles. The van der Waals surface area contributed by atoms with Crippen molar-refractivity contribution < 1.29 is 0 Å². The van der Waals surface area contributed by atoms with Crippen molar-refractivity contribution in [3.8, 4) is 11.4 Å². The Morgan fingerprint density at radius 1 is 1.20 bits per heavy atom. The standard InChI is InChI=1S/C12H15N3/c1-8-7-11(13)9(2)6-10(8)12-14-4-5-15(12)3/h4-7H,13H2,1-3H3. The smallest absolute Gasteiger partial charge is 0.139 e. The second-order valence-corrected chi connectivity index (χ2v) is 3.89. The monoisotopic (exact) mass is 201 g/mol. The minimum atomic E-state index is 0.838. The number of hydrogen-bond donors (Lipinski definition) is 1. The first-order valence-electron chi connectivity index (χ1n) is 4.94. The zero-order chi connectivity index (χ0) is 11.0. The molecule has 0 fully saturated rings. The molecule has 2 aromatic rings. The molecule has 3 nitrogen and oxygen atoms in total. The van der Waals surface area contributed by atoms with Crippen LogP contribution in [0.25, 0.3) is 11.4 Å². The lowest BCUT2D eigenvalue weighted by atomic mass is 10.0. The highest BCUT2D eigenvalue weighted by atomic mass is 15.0. The Labute approximate surface area is 89.6 Å². The molecule has 0 aliphatic carbocycles. The Balaban J connectivity index is 2.64. The lowest BCUT2D eigenvalue weighted by Gasteiger charge is -2.09. The fourth-order valence-electron chi connectivity index (χ4n) is 1.70. The van der Waals surface area contributed by atoms with Gasteiger partial charge in [-0.25, -0.2) is 4.98 Å². The molecule has 0 bridgehead atoms. The average Bonchev–Trinajstić information content (AvgIpc) is 2.58. The van der Waals surface area contributed by atoms with Gasteiger partial charge in [0, 0.05) is 30.7 Å². The quantitative estimate of drug-likeness (QED) is 0.719. The van der Waals surface area contributed by atoms with Crippen molar-refractivity contribution in [2.75, 3.05) is 5.73 Å². The molecule has 2 rings (SSSR count). The van der Waals surface area contributed by atoms with Crippen LogP contribution in [-0.4, -0.2) is 9.55 Å². The van der Waals surface area contributed by atoms with Crippen LogP contribution in [0, 0.1) is 13.8 Å². The molecule has 1 aromatic heterocycles. The van der Waals surface area contributed by atoms with Crippen molar-refractivity contribution in [2.45, 2.75) is 13.8 Å². The van der Waals surface area contributed by atoms with Crippen LogP contribution in [0.15, 0.2) is 24.5 Å². The molecule has 0 atom stereocenters. The van der Waals surface area contributed by atoms with Crippen molar-refractivity contribution in [1.29, 1.82) is 0 Å². The van der Waals surface area contributed by atoms with Gasteiger partial charge in [0.25, 0.3) is 0 Å². The van der Waals surface area contributed by atoms with Crippen LogP contribution in [0.4, 0.5) is 5.69 Å². The Bertz CT molecular complexity index is 498. The molecule has 0 unspecified atom stereocenters. The molecule has 1 heterocycles. The van der Waals surface area contributed by atoms with Crippen LogP contribution in [0.2, 0.25) is 0 Å². The number of nitrogens with zero attached hydrogens (tertiary/aromatic N) is 2. The van der Waals surface area contributed by atoms with Crippen molar-refractivity contribution >= 4 is 5.69 Å². The Hall–Kier alpha value is -1.77. The van der Waals surface area contributed by atoms with Gasteiger partial charge >= 0.3 is 0 Å². The van der Waals surface area contributed by atoms with Gasteiger partial charge in [-0.3, -0.25) is 0 Å². The maximum atomic E-state index is 5.85. The molecule has 3 heteroatoms. The first-order chi connectivity index (χ1) is 7.09. The van der Waals surface area contributed by atoms with Crippen molar-refractivity contribution in [3.05, 3.63) is 35.7 Å². The first-order valence-corrected chi connectivity index (χ1v) is 4.94. The summed E-state index contributed by atoms with van der Waals surface area (Å²) in [6, 6.07) is 4.09. The van der Waals surface area contributed by atoms with E-state index in [1.54, 1.807) is 6.20 Å². The third-order valence-corrected chi connectivity index (χ3v) is 2.68. The summed E-state index contributed by atoms with van der Waals surface area (Å²) in [7, 11) is 1.99. The maximum Gasteiger partial charge on any atom is 0.139 e.